The second kappa shape index (κ2) is 10.0. The molecular formula is C23H20Cl3NO2. The van der Waals surface area contributed by atoms with Crippen molar-refractivity contribution in [1.29, 1.82) is 0 Å². The highest BCUT2D eigenvalue weighted by atomic mass is 35.5. The van der Waals surface area contributed by atoms with Crippen molar-refractivity contribution < 1.29 is 9.47 Å². The SMILES string of the molecule is CCOc1cc(C=Nc2ccc(C)cc2)cc(Cl)c1OCc1ccc(Cl)cc1Cl. The number of hydrogen-bond acceptors (Lipinski definition) is 3. The zero-order valence-electron chi connectivity index (χ0n) is 16.1. The summed E-state index contributed by atoms with van der Waals surface area (Å²) in [7, 11) is 0. The molecule has 0 heterocycles. The summed E-state index contributed by atoms with van der Waals surface area (Å²) in [5.74, 6) is 1.02. The molecule has 0 N–H and O–H groups in total. The molecule has 0 aliphatic rings. The van der Waals surface area contributed by atoms with E-state index < -0.39 is 0 Å². The Bertz CT molecular complexity index is 1020. The van der Waals surface area contributed by atoms with Crippen LogP contribution in [-0.4, -0.2) is 12.8 Å². The quantitative estimate of drug-likeness (QED) is 0.347. The molecule has 150 valence electrons. The summed E-state index contributed by atoms with van der Waals surface area (Å²) in [5.41, 5.74) is 3.67. The summed E-state index contributed by atoms with van der Waals surface area (Å²) in [6.45, 7) is 4.66. The zero-order valence-corrected chi connectivity index (χ0v) is 18.4. The number of nitrogens with zero attached hydrogens (tertiary/aromatic N) is 1. The van der Waals surface area contributed by atoms with Crippen molar-refractivity contribution in [2.24, 2.45) is 4.99 Å². The third kappa shape index (κ3) is 5.89. The van der Waals surface area contributed by atoms with Gasteiger partial charge in [0.15, 0.2) is 11.5 Å². The molecule has 0 bridgehead atoms. The molecule has 6 heteroatoms. The average Bonchev–Trinajstić information content (AvgIpc) is 2.68. The van der Waals surface area contributed by atoms with Crippen LogP contribution in [0.5, 0.6) is 11.5 Å². The smallest absolute Gasteiger partial charge is 0.180 e. The summed E-state index contributed by atoms with van der Waals surface area (Å²) < 4.78 is 11.7. The molecule has 0 saturated carbocycles. The number of rotatable bonds is 7. The van der Waals surface area contributed by atoms with Crippen LogP contribution in [0.2, 0.25) is 15.1 Å². The molecule has 29 heavy (non-hydrogen) atoms. The first-order valence-corrected chi connectivity index (χ1v) is 10.2. The normalized spacial score (nSPS) is 11.1. The van der Waals surface area contributed by atoms with Gasteiger partial charge in [0.2, 0.25) is 0 Å². The molecule has 0 unspecified atom stereocenters. The standard InChI is InChI=1S/C23H20Cl3NO2/c1-3-28-22-11-16(13-27-19-8-4-15(2)5-9-19)10-21(26)23(22)29-14-17-6-7-18(24)12-20(17)25/h4-13H,3,14H2,1-2H3. The molecule has 3 nitrogen and oxygen atoms in total. The number of halogens is 3. The van der Waals surface area contributed by atoms with Crippen molar-refractivity contribution >= 4 is 46.7 Å². The molecule has 0 radical (unpaired) electrons. The third-order valence-electron chi connectivity index (χ3n) is 4.12. The maximum Gasteiger partial charge on any atom is 0.180 e. The van der Waals surface area contributed by atoms with Crippen LogP contribution >= 0.6 is 34.8 Å². The molecule has 0 atom stereocenters. The molecule has 0 saturated heterocycles. The largest absolute Gasteiger partial charge is 0.490 e. The topological polar surface area (TPSA) is 30.8 Å². The van der Waals surface area contributed by atoms with Crippen LogP contribution in [0.3, 0.4) is 0 Å². The molecule has 0 aliphatic carbocycles. The lowest BCUT2D eigenvalue weighted by molar-refractivity contribution is 0.269. The van der Waals surface area contributed by atoms with E-state index in [4.69, 9.17) is 44.3 Å². The molecular weight excluding hydrogens is 429 g/mol. The van der Waals surface area contributed by atoms with Gasteiger partial charge in [0.05, 0.1) is 17.3 Å². The Hall–Kier alpha value is -2.20. The molecule has 3 aromatic carbocycles. The third-order valence-corrected chi connectivity index (χ3v) is 4.98. The minimum Gasteiger partial charge on any atom is -0.490 e. The Morgan fingerprint density at radius 3 is 2.34 bits per heavy atom. The lowest BCUT2D eigenvalue weighted by Gasteiger charge is -2.15. The number of ether oxygens (including phenoxy) is 2. The number of benzene rings is 3. The zero-order chi connectivity index (χ0) is 20.8. The van der Waals surface area contributed by atoms with Gasteiger partial charge in [-0.2, -0.15) is 0 Å². The first kappa shape index (κ1) is 21.5. The van der Waals surface area contributed by atoms with E-state index in [0.29, 0.717) is 33.2 Å². The first-order valence-electron chi connectivity index (χ1n) is 9.10. The summed E-state index contributed by atoms with van der Waals surface area (Å²) in [4.78, 5) is 4.49. The maximum atomic E-state index is 6.48. The summed E-state index contributed by atoms with van der Waals surface area (Å²) in [6.07, 6.45) is 1.75. The lowest BCUT2D eigenvalue weighted by atomic mass is 10.2. The van der Waals surface area contributed by atoms with Gasteiger partial charge in [-0.15, -0.1) is 0 Å². The fourth-order valence-electron chi connectivity index (χ4n) is 2.63. The van der Waals surface area contributed by atoms with Crippen molar-refractivity contribution in [2.75, 3.05) is 6.61 Å². The van der Waals surface area contributed by atoms with Gasteiger partial charge in [-0.25, -0.2) is 0 Å². The first-order chi connectivity index (χ1) is 14.0. The van der Waals surface area contributed by atoms with E-state index in [0.717, 1.165) is 16.8 Å². The van der Waals surface area contributed by atoms with Gasteiger partial charge in [0, 0.05) is 21.8 Å². The Morgan fingerprint density at radius 1 is 0.897 bits per heavy atom. The highest BCUT2D eigenvalue weighted by molar-refractivity contribution is 6.35. The van der Waals surface area contributed by atoms with Gasteiger partial charge in [-0.05, 0) is 55.8 Å². The van der Waals surface area contributed by atoms with Crippen LogP contribution in [0.4, 0.5) is 5.69 Å². The molecule has 3 rings (SSSR count). The predicted octanol–water partition coefficient (Wildman–Crippen LogP) is 7.68. The van der Waals surface area contributed by atoms with Crippen molar-refractivity contribution in [3.8, 4) is 11.5 Å². The Morgan fingerprint density at radius 2 is 1.66 bits per heavy atom. The van der Waals surface area contributed by atoms with E-state index in [-0.39, 0.29) is 6.61 Å². The second-order valence-corrected chi connectivity index (χ2v) is 7.63. The molecule has 0 spiro atoms. The van der Waals surface area contributed by atoms with Crippen LogP contribution in [0.15, 0.2) is 59.6 Å². The molecule has 0 fully saturated rings. The fraction of sp³-hybridized carbons (Fsp3) is 0.174. The van der Waals surface area contributed by atoms with Crippen molar-refractivity contribution in [2.45, 2.75) is 20.5 Å². The van der Waals surface area contributed by atoms with E-state index in [1.807, 2.05) is 50.2 Å². The molecule has 0 amide bonds. The van der Waals surface area contributed by atoms with Crippen LogP contribution < -0.4 is 9.47 Å². The number of aryl methyl sites for hydroxylation is 1. The Kier molecular flexibility index (Phi) is 7.43. The van der Waals surface area contributed by atoms with Crippen LogP contribution in [-0.2, 0) is 6.61 Å². The summed E-state index contributed by atoms with van der Waals surface area (Å²) in [5, 5.41) is 1.55. The molecule has 0 aliphatic heterocycles. The van der Waals surface area contributed by atoms with E-state index in [2.05, 4.69) is 4.99 Å². The van der Waals surface area contributed by atoms with Gasteiger partial charge >= 0.3 is 0 Å². The Balaban J connectivity index is 1.82. The van der Waals surface area contributed by atoms with Gasteiger partial charge in [-0.3, -0.25) is 4.99 Å². The molecule has 0 aromatic heterocycles. The van der Waals surface area contributed by atoms with Gasteiger partial charge in [-0.1, -0.05) is 58.6 Å². The van der Waals surface area contributed by atoms with Crippen LogP contribution in [0.25, 0.3) is 0 Å². The van der Waals surface area contributed by atoms with Crippen LogP contribution in [0.1, 0.15) is 23.6 Å². The van der Waals surface area contributed by atoms with E-state index in [1.54, 1.807) is 24.4 Å². The van der Waals surface area contributed by atoms with Crippen molar-refractivity contribution in [3.05, 3.63) is 86.4 Å². The molecule has 3 aromatic rings. The van der Waals surface area contributed by atoms with Crippen molar-refractivity contribution in [1.82, 2.24) is 0 Å². The lowest BCUT2D eigenvalue weighted by Crippen LogP contribution is -2.02. The van der Waals surface area contributed by atoms with Gasteiger partial charge in [0.1, 0.15) is 6.61 Å². The highest BCUT2D eigenvalue weighted by Crippen LogP contribution is 2.37. The summed E-state index contributed by atoms with van der Waals surface area (Å²) >= 11 is 18.7. The minimum atomic E-state index is 0.243. The average molecular weight is 449 g/mol. The van der Waals surface area contributed by atoms with Gasteiger partial charge in [0.25, 0.3) is 0 Å². The number of aliphatic imine (C=N–C) groups is 1. The van der Waals surface area contributed by atoms with Gasteiger partial charge < -0.3 is 9.47 Å². The van der Waals surface area contributed by atoms with E-state index >= 15 is 0 Å². The van der Waals surface area contributed by atoms with E-state index in [1.165, 1.54) is 5.56 Å². The highest BCUT2D eigenvalue weighted by Gasteiger charge is 2.13. The predicted molar refractivity (Wildman–Crippen MR) is 122 cm³/mol. The Labute approximate surface area is 185 Å². The monoisotopic (exact) mass is 447 g/mol. The number of hydrogen-bond donors (Lipinski definition) is 0. The summed E-state index contributed by atoms with van der Waals surface area (Å²) in [6, 6.07) is 16.9. The fourth-order valence-corrected chi connectivity index (χ4v) is 3.37. The minimum absolute atomic E-state index is 0.243. The van der Waals surface area contributed by atoms with Crippen molar-refractivity contribution in [3.63, 3.8) is 0 Å². The maximum absolute atomic E-state index is 6.48. The van der Waals surface area contributed by atoms with Crippen LogP contribution in [0, 0.1) is 6.92 Å². The van der Waals surface area contributed by atoms with E-state index in [9.17, 15) is 0 Å². The second-order valence-electron chi connectivity index (χ2n) is 6.38.